The molecule has 0 saturated heterocycles. The van der Waals surface area contributed by atoms with Crippen molar-refractivity contribution in [1.82, 2.24) is 0 Å². The lowest BCUT2D eigenvalue weighted by Gasteiger charge is -2.21. The molecular formula is C21H30O8. The Morgan fingerprint density at radius 2 is 1.14 bits per heavy atom. The number of carbonyl (C=O) groups excluding carboxylic acids is 2. The molecule has 0 atom stereocenters. The fourth-order valence-electron chi connectivity index (χ4n) is 3.17. The average molecular weight is 410 g/mol. The molecule has 0 aliphatic heterocycles. The molecule has 2 N–H and O–H groups in total. The number of carbonyl (C=O) groups is 4. The normalized spacial score (nSPS) is 17.7. The highest BCUT2D eigenvalue weighted by Crippen LogP contribution is 2.21. The third-order valence-electron chi connectivity index (χ3n) is 4.69. The van der Waals surface area contributed by atoms with Gasteiger partial charge >= 0.3 is 23.9 Å². The highest BCUT2D eigenvalue weighted by molar-refractivity contribution is 5.92. The molecule has 0 aromatic heterocycles. The summed E-state index contributed by atoms with van der Waals surface area (Å²) in [5.74, 6) is -3.31. The molecule has 8 nitrogen and oxygen atoms in total. The zero-order valence-electron chi connectivity index (χ0n) is 16.6. The van der Waals surface area contributed by atoms with E-state index in [0.717, 1.165) is 51.4 Å². The predicted molar refractivity (Wildman–Crippen MR) is 104 cm³/mol. The Morgan fingerprint density at radius 1 is 0.759 bits per heavy atom. The summed E-state index contributed by atoms with van der Waals surface area (Å²) in [5, 5.41) is 16.1. The standard InChI is InChI=1S/C16H24O4.C5H6O4/c17-15(19-13-7-3-1-4-8-13)11-12-16(18)20-14-9-5-2-6-10-14;1-3(5(8)9)2-4(6)7/h11-14H,1-10H2;1-2H2,(H,6,7)(H,8,9)/b12-11-;. The second kappa shape index (κ2) is 13.5. The topological polar surface area (TPSA) is 127 Å². The van der Waals surface area contributed by atoms with Gasteiger partial charge in [-0.05, 0) is 51.4 Å². The van der Waals surface area contributed by atoms with Crippen molar-refractivity contribution in [2.45, 2.75) is 82.8 Å². The molecule has 2 saturated carbocycles. The minimum atomic E-state index is -1.27. The molecule has 0 spiro atoms. The maximum atomic E-state index is 11.6. The number of carboxylic acids is 2. The van der Waals surface area contributed by atoms with Crippen molar-refractivity contribution >= 4 is 23.9 Å². The van der Waals surface area contributed by atoms with Crippen LogP contribution in [0.5, 0.6) is 0 Å². The summed E-state index contributed by atoms with van der Waals surface area (Å²) in [6, 6.07) is 0. The molecule has 0 bridgehead atoms. The van der Waals surface area contributed by atoms with E-state index in [1.54, 1.807) is 0 Å². The van der Waals surface area contributed by atoms with Gasteiger partial charge in [-0.25, -0.2) is 14.4 Å². The van der Waals surface area contributed by atoms with E-state index in [2.05, 4.69) is 6.58 Å². The summed E-state index contributed by atoms with van der Waals surface area (Å²) >= 11 is 0. The van der Waals surface area contributed by atoms with Crippen LogP contribution in [0.3, 0.4) is 0 Å². The Bertz CT molecular complexity index is 576. The highest BCUT2D eigenvalue weighted by atomic mass is 16.5. The molecular weight excluding hydrogens is 380 g/mol. The number of hydrogen-bond acceptors (Lipinski definition) is 6. The van der Waals surface area contributed by atoms with Gasteiger partial charge in [0.05, 0.1) is 6.42 Å². The number of ether oxygens (including phenoxy) is 2. The Hall–Kier alpha value is -2.64. The van der Waals surface area contributed by atoms with Gasteiger partial charge < -0.3 is 19.7 Å². The smallest absolute Gasteiger partial charge is 0.331 e. The van der Waals surface area contributed by atoms with Crippen molar-refractivity contribution in [3.8, 4) is 0 Å². The summed E-state index contributed by atoms with van der Waals surface area (Å²) in [6.45, 7) is 3.01. The second-order valence-corrected chi connectivity index (χ2v) is 7.21. The molecule has 2 aliphatic carbocycles. The minimum Gasteiger partial charge on any atom is -0.481 e. The monoisotopic (exact) mass is 410 g/mol. The largest absolute Gasteiger partial charge is 0.481 e. The first-order chi connectivity index (χ1) is 13.8. The van der Waals surface area contributed by atoms with Crippen molar-refractivity contribution in [2.24, 2.45) is 0 Å². The number of hydrogen-bond donors (Lipinski definition) is 2. The van der Waals surface area contributed by atoms with Crippen LogP contribution < -0.4 is 0 Å². The summed E-state index contributed by atoms with van der Waals surface area (Å²) in [6.07, 6.45) is 12.6. The molecule has 29 heavy (non-hydrogen) atoms. The van der Waals surface area contributed by atoms with E-state index in [1.165, 1.54) is 25.0 Å². The van der Waals surface area contributed by atoms with Gasteiger partial charge in [-0.2, -0.15) is 0 Å². The van der Waals surface area contributed by atoms with Crippen LogP contribution >= 0.6 is 0 Å². The Kier molecular flexibility index (Phi) is 11.4. The van der Waals surface area contributed by atoms with E-state index >= 15 is 0 Å². The van der Waals surface area contributed by atoms with Gasteiger partial charge in [-0.15, -0.1) is 0 Å². The second-order valence-electron chi connectivity index (χ2n) is 7.21. The van der Waals surface area contributed by atoms with Gasteiger partial charge in [-0.1, -0.05) is 19.4 Å². The summed E-state index contributed by atoms with van der Waals surface area (Å²) in [7, 11) is 0. The zero-order chi connectivity index (χ0) is 21.6. The molecule has 0 aromatic carbocycles. The van der Waals surface area contributed by atoms with E-state index in [4.69, 9.17) is 19.7 Å². The average Bonchev–Trinajstić information content (AvgIpc) is 2.68. The van der Waals surface area contributed by atoms with E-state index in [0.29, 0.717) is 0 Å². The third-order valence-corrected chi connectivity index (χ3v) is 4.69. The molecule has 0 heterocycles. The predicted octanol–water partition coefficient (Wildman–Crippen LogP) is 3.40. The van der Waals surface area contributed by atoms with Crippen molar-refractivity contribution < 1.29 is 38.9 Å². The van der Waals surface area contributed by atoms with Gasteiger partial charge in [0.2, 0.25) is 0 Å². The summed E-state index contributed by atoms with van der Waals surface area (Å²) < 4.78 is 10.6. The summed E-state index contributed by atoms with van der Waals surface area (Å²) in [4.78, 5) is 42.8. The lowest BCUT2D eigenvalue weighted by Crippen LogP contribution is -2.21. The van der Waals surface area contributed by atoms with Crippen molar-refractivity contribution in [1.29, 1.82) is 0 Å². The van der Waals surface area contributed by atoms with Crippen LogP contribution in [0.25, 0.3) is 0 Å². The molecule has 162 valence electrons. The van der Waals surface area contributed by atoms with Gasteiger partial charge in [0.15, 0.2) is 0 Å². The minimum absolute atomic E-state index is 0.0234. The number of carboxylic acid groups (broad SMARTS) is 2. The maximum Gasteiger partial charge on any atom is 0.331 e. The van der Waals surface area contributed by atoms with Crippen LogP contribution in [0.4, 0.5) is 0 Å². The molecule has 0 aromatic rings. The first kappa shape index (κ1) is 24.4. The van der Waals surface area contributed by atoms with Gasteiger partial charge in [-0.3, -0.25) is 4.79 Å². The van der Waals surface area contributed by atoms with E-state index in [9.17, 15) is 19.2 Å². The van der Waals surface area contributed by atoms with Crippen LogP contribution in [-0.2, 0) is 28.7 Å². The lowest BCUT2D eigenvalue weighted by atomic mass is 9.98. The third kappa shape index (κ3) is 11.7. The molecule has 2 aliphatic rings. The molecule has 0 amide bonds. The van der Waals surface area contributed by atoms with Crippen LogP contribution in [0.1, 0.15) is 70.6 Å². The van der Waals surface area contributed by atoms with Crippen molar-refractivity contribution in [2.75, 3.05) is 0 Å². The molecule has 0 radical (unpaired) electrons. The van der Waals surface area contributed by atoms with Crippen LogP contribution in [0.2, 0.25) is 0 Å². The first-order valence-electron chi connectivity index (χ1n) is 10.00. The Morgan fingerprint density at radius 3 is 1.41 bits per heavy atom. The van der Waals surface area contributed by atoms with Crippen molar-refractivity contribution in [3.05, 3.63) is 24.3 Å². The van der Waals surface area contributed by atoms with E-state index < -0.39 is 30.3 Å². The molecule has 8 heteroatoms. The van der Waals surface area contributed by atoms with Gasteiger partial charge in [0.25, 0.3) is 0 Å². The lowest BCUT2D eigenvalue weighted by molar-refractivity contribution is -0.147. The summed E-state index contributed by atoms with van der Waals surface area (Å²) in [5.41, 5.74) is -0.303. The fourth-order valence-corrected chi connectivity index (χ4v) is 3.17. The molecule has 0 unspecified atom stereocenters. The van der Waals surface area contributed by atoms with Crippen LogP contribution in [0, 0.1) is 0 Å². The first-order valence-corrected chi connectivity index (χ1v) is 10.00. The van der Waals surface area contributed by atoms with Gasteiger partial charge in [0.1, 0.15) is 12.2 Å². The number of aliphatic carboxylic acids is 2. The fraction of sp³-hybridized carbons (Fsp3) is 0.619. The zero-order valence-corrected chi connectivity index (χ0v) is 16.6. The number of esters is 2. The quantitative estimate of drug-likeness (QED) is 0.483. The molecule has 2 fully saturated rings. The Labute approximate surface area is 170 Å². The van der Waals surface area contributed by atoms with E-state index in [1.807, 2.05) is 0 Å². The number of rotatable bonds is 7. The van der Waals surface area contributed by atoms with E-state index in [-0.39, 0.29) is 17.8 Å². The van der Waals surface area contributed by atoms with Gasteiger partial charge in [0, 0.05) is 17.7 Å². The highest BCUT2D eigenvalue weighted by Gasteiger charge is 2.18. The Balaban J connectivity index is 0.000000396. The SMILES string of the molecule is C=C(CC(=O)O)C(=O)O.O=C(/C=C\C(=O)OC1CCCCC1)OC1CCCCC1. The van der Waals surface area contributed by atoms with Crippen molar-refractivity contribution in [3.63, 3.8) is 0 Å². The van der Waals surface area contributed by atoms with Crippen LogP contribution in [0.15, 0.2) is 24.3 Å². The maximum absolute atomic E-state index is 11.6. The van der Waals surface area contributed by atoms with Crippen LogP contribution in [-0.4, -0.2) is 46.3 Å². The molecule has 2 rings (SSSR count).